The smallest absolute Gasteiger partial charge is 0.164 e. The fourth-order valence-electron chi connectivity index (χ4n) is 8.81. The molecular formula is C26H36O3. The highest BCUT2D eigenvalue weighted by Gasteiger charge is 2.66. The Kier molecular flexibility index (Phi) is 4.04. The molecule has 1 aliphatic heterocycles. The fraction of sp³-hybridized carbons (Fsp3) is 0.731. The number of hydrogen-bond donors (Lipinski definition) is 1. The molecule has 0 spiro atoms. The van der Waals surface area contributed by atoms with E-state index >= 15 is 0 Å². The van der Waals surface area contributed by atoms with E-state index in [4.69, 9.17) is 4.74 Å². The molecule has 3 nitrogen and oxygen atoms in total. The van der Waals surface area contributed by atoms with Gasteiger partial charge in [-0.1, -0.05) is 39.3 Å². The maximum Gasteiger partial charge on any atom is 0.164 e. The van der Waals surface area contributed by atoms with E-state index in [1.165, 1.54) is 25.5 Å². The summed E-state index contributed by atoms with van der Waals surface area (Å²) in [6, 6.07) is 5.81. The number of aromatic hydroxyl groups is 1. The summed E-state index contributed by atoms with van der Waals surface area (Å²) in [5, 5.41) is 10.4. The van der Waals surface area contributed by atoms with E-state index in [0.29, 0.717) is 23.5 Å². The third-order valence-electron chi connectivity index (χ3n) is 10.2. The van der Waals surface area contributed by atoms with Crippen molar-refractivity contribution >= 4 is 6.29 Å². The molecule has 7 atom stereocenters. The summed E-state index contributed by atoms with van der Waals surface area (Å²) in [6.07, 6.45) is 10.3. The average Bonchev–Trinajstić information content (AvgIpc) is 2.67. The Morgan fingerprint density at radius 1 is 0.966 bits per heavy atom. The molecule has 4 aliphatic rings. The molecule has 1 aromatic rings. The van der Waals surface area contributed by atoms with Crippen LogP contribution in [-0.4, -0.2) is 17.0 Å². The van der Waals surface area contributed by atoms with Crippen molar-refractivity contribution in [2.75, 3.05) is 0 Å². The number of hydrogen-bond acceptors (Lipinski definition) is 3. The molecule has 1 N–H and O–H groups in total. The topological polar surface area (TPSA) is 46.5 Å². The Bertz CT molecular complexity index is 848. The minimum atomic E-state index is -0.219. The van der Waals surface area contributed by atoms with Crippen molar-refractivity contribution < 1.29 is 14.6 Å². The monoisotopic (exact) mass is 396 g/mol. The number of carbonyl (C=O) groups is 1. The number of ether oxygens (including phenoxy) is 1. The Morgan fingerprint density at radius 3 is 2.45 bits per heavy atom. The highest BCUT2D eigenvalue weighted by atomic mass is 16.5. The van der Waals surface area contributed by atoms with Gasteiger partial charge in [0, 0.05) is 11.3 Å². The molecule has 0 bridgehead atoms. The van der Waals surface area contributed by atoms with E-state index in [-0.39, 0.29) is 27.6 Å². The van der Waals surface area contributed by atoms with Crippen LogP contribution in [0.4, 0.5) is 0 Å². The normalized spacial score (nSPS) is 48.3. The molecule has 3 saturated carbocycles. The number of fused-ring (bicyclic) bond motifs is 6. The number of para-hydroxylation sites is 1. The standard InChI is InChI=1S/C26H36O3/c1-23(16-27)11-6-12-24(2)19(23)9-13-25(3)20(24)10-14-26(4)21(25)15-17-7-5-8-18(28)22(17)29-26/h5,7-8,16,19-21,28H,6,9-15H2,1-4H3/t19?,20?,21?,23-,24+,25-,26+/m1/s1. The lowest BCUT2D eigenvalue weighted by molar-refractivity contribution is -0.207. The quantitative estimate of drug-likeness (QED) is 0.599. The summed E-state index contributed by atoms with van der Waals surface area (Å²) in [5.74, 6) is 2.57. The average molecular weight is 397 g/mol. The van der Waals surface area contributed by atoms with E-state index < -0.39 is 0 Å². The van der Waals surface area contributed by atoms with Gasteiger partial charge in [0.05, 0.1) is 0 Å². The van der Waals surface area contributed by atoms with Crippen molar-refractivity contribution in [1.82, 2.24) is 0 Å². The van der Waals surface area contributed by atoms with Crippen LogP contribution in [0.25, 0.3) is 0 Å². The van der Waals surface area contributed by atoms with Gasteiger partial charge in [-0.2, -0.15) is 0 Å². The molecular weight excluding hydrogens is 360 g/mol. The Labute approximate surface area is 175 Å². The van der Waals surface area contributed by atoms with Gasteiger partial charge in [0.15, 0.2) is 11.5 Å². The second-order valence-corrected chi connectivity index (χ2v) is 11.6. The highest BCUT2D eigenvalue weighted by Crippen LogP contribution is 2.70. The summed E-state index contributed by atoms with van der Waals surface area (Å²) in [4.78, 5) is 12.1. The zero-order chi connectivity index (χ0) is 20.7. The minimum absolute atomic E-state index is 0.156. The van der Waals surface area contributed by atoms with Gasteiger partial charge in [-0.25, -0.2) is 0 Å². The maximum absolute atomic E-state index is 12.1. The fourth-order valence-corrected chi connectivity index (χ4v) is 8.81. The van der Waals surface area contributed by atoms with E-state index in [2.05, 4.69) is 33.8 Å². The predicted molar refractivity (Wildman–Crippen MR) is 114 cm³/mol. The van der Waals surface area contributed by atoms with Crippen LogP contribution in [0.2, 0.25) is 0 Å². The van der Waals surface area contributed by atoms with E-state index in [1.807, 2.05) is 6.07 Å². The first-order chi connectivity index (χ1) is 13.7. The van der Waals surface area contributed by atoms with E-state index in [1.54, 1.807) is 6.07 Å². The Morgan fingerprint density at radius 2 is 1.69 bits per heavy atom. The van der Waals surface area contributed by atoms with Crippen LogP contribution >= 0.6 is 0 Å². The molecule has 0 aromatic heterocycles. The number of aldehydes is 1. The molecule has 0 amide bonds. The Hall–Kier alpha value is -1.51. The summed E-state index contributed by atoms with van der Waals surface area (Å²) in [7, 11) is 0. The number of carbonyl (C=O) groups excluding carboxylic acids is 1. The molecule has 158 valence electrons. The second-order valence-electron chi connectivity index (χ2n) is 11.6. The van der Waals surface area contributed by atoms with Crippen LogP contribution in [0.1, 0.15) is 78.2 Å². The number of phenolic OH excluding ortho intramolecular Hbond substituents is 1. The van der Waals surface area contributed by atoms with E-state index in [0.717, 1.165) is 37.7 Å². The van der Waals surface area contributed by atoms with Crippen molar-refractivity contribution in [1.29, 1.82) is 0 Å². The SMILES string of the molecule is C[C@]12CCC[C@](C)(C=O)C1CC[C@]1(C)C2CC[C@]2(C)Oc3c(O)cccc3CC12. The lowest BCUT2D eigenvalue weighted by atomic mass is 9.37. The van der Waals surface area contributed by atoms with E-state index in [9.17, 15) is 9.90 Å². The third-order valence-corrected chi connectivity index (χ3v) is 10.2. The number of rotatable bonds is 1. The molecule has 1 aromatic carbocycles. The number of phenols is 1. The van der Waals surface area contributed by atoms with Crippen molar-refractivity contribution in [3.63, 3.8) is 0 Å². The third kappa shape index (κ3) is 2.45. The van der Waals surface area contributed by atoms with Crippen LogP contribution in [-0.2, 0) is 11.2 Å². The van der Waals surface area contributed by atoms with Crippen LogP contribution in [0, 0.1) is 34.0 Å². The molecule has 0 radical (unpaired) electrons. The molecule has 3 heteroatoms. The summed E-state index contributed by atoms with van der Waals surface area (Å²) in [6.45, 7) is 9.53. The summed E-state index contributed by atoms with van der Waals surface area (Å²) in [5.41, 5.74) is 1.23. The zero-order valence-electron chi connectivity index (χ0n) is 18.5. The molecule has 3 fully saturated rings. The van der Waals surface area contributed by atoms with Gasteiger partial charge >= 0.3 is 0 Å². The van der Waals surface area contributed by atoms with Crippen LogP contribution in [0.5, 0.6) is 11.5 Å². The maximum atomic E-state index is 12.1. The molecule has 0 saturated heterocycles. The molecule has 3 unspecified atom stereocenters. The first-order valence-electron chi connectivity index (χ1n) is 11.6. The van der Waals surface area contributed by atoms with Crippen molar-refractivity contribution in [2.45, 2.75) is 84.7 Å². The van der Waals surface area contributed by atoms with Crippen molar-refractivity contribution in [3.8, 4) is 11.5 Å². The lowest BCUT2D eigenvalue weighted by Crippen LogP contribution is -2.65. The largest absolute Gasteiger partial charge is 0.504 e. The molecule has 3 aliphatic carbocycles. The first-order valence-corrected chi connectivity index (χ1v) is 11.6. The summed E-state index contributed by atoms with van der Waals surface area (Å²) < 4.78 is 6.59. The van der Waals surface area contributed by atoms with Crippen molar-refractivity contribution in [3.05, 3.63) is 23.8 Å². The molecule has 29 heavy (non-hydrogen) atoms. The van der Waals surface area contributed by atoms with Crippen LogP contribution < -0.4 is 4.74 Å². The van der Waals surface area contributed by atoms with Gasteiger partial charge in [0.25, 0.3) is 0 Å². The lowest BCUT2D eigenvalue weighted by Gasteiger charge is -2.68. The van der Waals surface area contributed by atoms with Gasteiger partial charge in [-0.05, 0) is 86.2 Å². The van der Waals surface area contributed by atoms with Gasteiger partial charge in [-0.15, -0.1) is 0 Å². The molecule has 1 heterocycles. The number of benzene rings is 1. The summed E-state index contributed by atoms with van der Waals surface area (Å²) >= 11 is 0. The van der Waals surface area contributed by atoms with Gasteiger partial charge < -0.3 is 14.6 Å². The Balaban J connectivity index is 1.56. The highest BCUT2D eigenvalue weighted by molar-refractivity contribution is 5.60. The van der Waals surface area contributed by atoms with Gasteiger partial charge in [0.1, 0.15) is 11.9 Å². The second kappa shape index (κ2) is 6.02. The van der Waals surface area contributed by atoms with Gasteiger partial charge in [-0.3, -0.25) is 0 Å². The van der Waals surface area contributed by atoms with Crippen molar-refractivity contribution in [2.24, 2.45) is 34.0 Å². The minimum Gasteiger partial charge on any atom is -0.504 e. The predicted octanol–water partition coefficient (Wildman–Crippen LogP) is 5.92. The first kappa shape index (κ1) is 19.5. The van der Waals surface area contributed by atoms with Gasteiger partial charge in [0.2, 0.25) is 0 Å². The van der Waals surface area contributed by atoms with Crippen LogP contribution in [0.3, 0.4) is 0 Å². The zero-order valence-corrected chi connectivity index (χ0v) is 18.5. The van der Waals surface area contributed by atoms with Crippen LogP contribution in [0.15, 0.2) is 18.2 Å². The molecule has 5 rings (SSSR count).